The number of esters is 4. The molecule has 0 aliphatic carbocycles. The van der Waals surface area contributed by atoms with Gasteiger partial charge >= 0.3 is 23.9 Å². The van der Waals surface area contributed by atoms with Crippen molar-refractivity contribution in [3.05, 3.63) is 0 Å². The average molecular weight is 334 g/mol. The molecule has 0 spiro atoms. The number of carbonyl (C=O) groups excluding carboxylic acids is 4. The molecular formula is C14H22O9. The van der Waals surface area contributed by atoms with E-state index >= 15 is 0 Å². The van der Waals surface area contributed by atoms with Crippen molar-refractivity contribution in [2.45, 2.75) is 39.9 Å². The average Bonchev–Trinajstić information content (AvgIpc) is 2.42. The summed E-state index contributed by atoms with van der Waals surface area (Å²) in [4.78, 5) is 43.5. The smallest absolute Gasteiger partial charge is 0.303 e. The molecule has 9 nitrogen and oxygen atoms in total. The predicted octanol–water partition coefficient (Wildman–Crippen LogP) is -0.00740. The minimum absolute atomic E-state index is 0.125. The Bertz CT molecular complexity index is 400. The van der Waals surface area contributed by atoms with Gasteiger partial charge in [-0.1, -0.05) is 0 Å². The SMILES string of the molecule is CC(=O)OCC(COC(C)=O)OCC(COC(C)=O)OC(C)=O. The van der Waals surface area contributed by atoms with E-state index in [9.17, 15) is 19.2 Å². The van der Waals surface area contributed by atoms with E-state index in [1.54, 1.807) is 0 Å². The fourth-order valence-electron chi connectivity index (χ4n) is 1.37. The van der Waals surface area contributed by atoms with Gasteiger partial charge in [-0.25, -0.2) is 0 Å². The Morgan fingerprint density at radius 1 is 0.609 bits per heavy atom. The van der Waals surface area contributed by atoms with E-state index in [1.807, 2.05) is 0 Å². The number of ether oxygens (including phenoxy) is 5. The number of hydrogen-bond acceptors (Lipinski definition) is 9. The second kappa shape index (κ2) is 11.4. The molecule has 0 saturated heterocycles. The molecule has 0 aromatic rings. The number of hydrogen-bond donors (Lipinski definition) is 0. The maximum absolute atomic E-state index is 11.0. The van der Waals surface area contributed by atoms with Crippen LogP contribution in [0.2, 0.25) is 0 Å². The molecule has 0 heterocycles. The zero-order valence-corrected chi connectivity index (χ0v) is 13.7. The van der Waals surface area contributed by atoms with Crippen LogP contribution in [0.25, 0.3) is 0 Å². The zero-order valence-electron chi connectivity index (χ0n) is 13.7. The molecule has 0 amide bonds. The van der Waals surface area contributed by atoms with Crippen LogP contribution in [-0.2, 0) is 42.9 Å². The van der Waals surface area contributed by atoms with Gasteiger partial charge in [0, 0.05) is 27.7 Å². The van der Waals surface area contributed by atoms with Gasteiger partial charge in [0.25, 0.3) is 0 Å². The van der Waals surface area contributed by atoms with Crippen LogP contribution < -0.4 is 0 Å². The Hall–Kier alpha value is -2.16. The summed E-state index contributed by atoms with van der Waals surface area (Å²) in [6, 6.07) is 0. The van der Waals surface area contributed by atoms with E-state index < -0.39 is 36.1 Å². The standard InChI is InChI=1S/C14H22O9/c1-9(15)19-5-13(6-20-10(2)16)22-8-14(23-12(4)18)7-21-11(3)17/h13-14H,5-8H2,1-4H3. The van der Waals surface area contributed by atoms with Crippen molar-refractivity contribution in [1.29, 1.82) is 0 Å². The molecule has 1 unspecified atom stereocenters. The molecule has 0 aliphatic rings. The third kappa shape index (κ3) is 13.2. The normalized spacial score (nSPS) is 11.5. The molecule has 0 aliphatic heterocycles. The zero-order chi connectivity index (χ0) is 17.8. The van der Waals surface area contributed by atoms with Gasteiger partial charge in [-0.3, -0.25) is 19.2 Å². The topological polar surface area (TPSA) is 114 Å². The summed E-state index contributed by atoms with van der Waals surface area (Å²) in [6.45, 7) is 4.30. The molecule has 0 saturated carbocycles. The molecule has 0 aromatic heterocycles. The highest BCUT2D eigenvalue weighted by Crippen LogP contribution is 2.02. The van der Waals surface area contributed by atoms with Crippen molar-refractivity contribution in [2.75, 3.05) is 26.4 Å². The lowest BCUT2D eigenvalue weighted by Crippen LogP contribution is -2.34. The lowest BCUT2D eigenvalue weighted by molar-refractivity contribution is -0.166. The largest absolute Gasteiger partial charge is 0.463 e. The van der Waals surface area contributed by atoms with Crippen LogP contribution in [0, 0.1) is 0 Å². The van der Waals surface area contributed by atoms with Crippen molar-refractivity contribution in [3.8, 4) is 0 Å². The third-order valence-corrected chi connectivity index (χ3v) is 2.27. The fraction of sp³-hybridized carbons (Fsp3) is 0.714. The maximum atomic E-state index is 11.0. The first-order valence-corrected chi connectivity index (χ1v) is 6.89. The van der Waals surface area contributed by atoms with Gasteiger partial charge in [-0.2, -0.15) is 0 Å². The summed E-state index contributed by atoms with van der Waals surface area (Å²) < 4.78 is 24.7. The Morgan fingerprint density at radius 2 is 1.00 bits per heavy atom. The van der Waals surface area contributed by atoms with Crippen LogP contribution >= 0.6 is 0 Å². The molecule has 0 fully saturated rings. The highest BCUT2D eigenvalue weighted by Gasteiger charge is 2.19. The first-order valence-electron chi connectivity index (χ1n) is 6.89. The van der Waals surface area contributed by atoms with E-state index in [4.69, 9.17) is 23.7 Å². The van der Waals surface area contributed by atoms with Crippen LogP contribution in [0.3, 0.4) is 0 Å². The van der Waals surface area contributed by atoms with Crippen LogP contribution in [0.5, 0.6) is 0 Å². The Kier molecular flexibility index (Phi) is 10.3. The summed E-state index contributed by atoms with van der Waals surface area (Å²) >= 11 is 0. The van der Waals surface area contributed by atoms with Gasteiger partial charge in [-0.15, -0.1) is 0 Å². The van der Waals surface area contributed by atoms with E-state index in [2.05, 4.69) is 0 Å². The summed E-state index contributed by atoms with van der Waals surface area (Å²) in [5.41, 5.74) is 0. The lowest BCUT2D eigenvalue weighted by atomic mass is 10.3. The van der Waals surface area contributed by atoms with E-state index in [0.29, 0.717) is 0 Å². The number of rotatable bonds is 10. The Morgan fingerprint density at radius 3 is 1.35 bits per heavy atom. The van der Waals surface area contributed by atoms with Crippen molar-refractivity contribution in [2.24, 2.45) is 0 Å². The Labute approximate surface area is 134 Å². The quantitative estimate of drug-likeness (QED) is 0.402. The van der Waals surface area contributed by atoms with Gasteiger partial charge < -0.3 is 23.7 Å². The molecule has 132 valence electrons. The molecule has 0 N–H and O–H groups in total. The summed E-state index contributed by atoms with van der Waals surface area (Å²) in [6.07, 6.45) is -1.56. The Balaban J connectivity index is 4.51. The van der Waals surface area contributed by atoms with Crippen LogP contribution in [0.4, 0.5) is 0 Å². The van der Waals surface area contributed by atoms with Crippen molar-refractivity contribution < 1.29 is 42.9 Å². The summed E-state index contributed by atoms with van der Waals surface area (Å²) in [5, 5.41) is 0. The van der Waals surface area contributed by atoms with E-state index in [1.165, 1.54) is 27.7 Å². The number of carbonyl (C=O) groups is 4. The fourth-order valence-corrected chi connectivity index (χ4v) is 1.37. The molecular weight excluding hydrogens is 312 g/mol. The molecule has 9 heteroatoms. The van der Waals surface area contributed by atoms with E-state index in [-0.39, 0.29) is 26.4 Å². The highest BCUT2D eigenvalue weighted by molar-refractivity contribution is 5.67. The summed E-state index contributed by atoms with van der Waals surface area (Å²) in [7, 11) is 0. The lowest BCUT2D eigenvalue weighted by Gasteiger charge is -2.21. The van der Waals surface area contributed by atoms with Gasteiger partial charge in [0.2, 0.25) is 0 Å². The van der Waals surface area contributed by atoms with Gasteiger partial charge in [-0.05, 0) is 0 Å². The predicted molar refractivity (Wildman–Crippen MR) is 75.2 cm³/mol. The summed E-state index contributed by atoms with van der Waals surface area (Å²) in [5.74, 6) is -2.13. The van der Waals surface area contributed by atoms with Gasteiger partial charge in [0.15, 0.2) is 6.10 Å². The monoisotopic (exact) mass is 334 g/mol. The van der Waals surface area contributed by atoms with E-state index in [0.717, 1.165) is 0 Å². The van der Waals surface area contributed by atoms with Crippen molar-refractivity contribution in [3.63, 3.8) is 0 Å². The first-order chi connectivity index (χ1) is 10.7. The van der Waals surface area contributed by atoms with Crippen LogP contribution in [0.15, 0.2) is 0 Å². The van der Waals surface area contributed by atoms with Crippen LogP contribution in [0.1, 0.15) is 27.7 Å². The highest BCUT2D eigenvalue weighted by atomic mass is 16.6. The van der Waals surface area contributed by atoms with Crippen LogP contribution in [-0.4, -0.2) is 62.5 Å². The van der Waals surface area contributed by atoms with Crippen molar-refractivity contribution in [1.82, 2.24) is 0 Å². The molecule has 0 rings (SSSR count). The van der Waals surface area contributed by atoms with Gasteiger partial charge in [0.1, 0.15) is 25.9 Å². The molecule has 0 bridgehead atoms. The molecule has 0 radical (unpaired) electrons. The first kappa shape index (κ1) is 20.8. The molecule has 23 heavy (non-hydrogen) atoms. The molecule has 0 aromatic carbocycles. The third-order valence-electron chi connectivity index (χ3n) is 2.27. The minimum Gasteiger partial charge on any atom is -0.463 e. The second-order valence-electron chi connectivity index (χ2n) is 4.59. The molecule has 1 atom stereocenters. The van der Waals surface area contributed by atoms with Crippen molar-refractivity contribution >= 4 is 23.9 Å². The second-order valence-corrected chi connectivity index (χ2v) is 4.59. The maximum Gasteiger partial charge on any atom is 0.303 e. The minimum atomic E-state index is -0.825. The van der Waals surface area contributed by atoms with Gasteiger partial charge in [0.05, 0.1) is 6.61 Å².